The van der Waals surface area contributed by atoms with Crippen LogP contribution in [0.5, 0.6) is 5.75 Å². The number of aromatic nitrogens is 3. The number of aryl methyl sites for hydroxylation is 1. The Balaban J connectivity index is 1.96. The molecule has 0 saturated heterocycles. The molecule has 2 aromatic heterocycles. The Morgan fingerprint density at radius 1 is 1.31 bits per heavy atom. The van der Waals surface area contributed by atoms with Crippen molar-refractivity contribution >= 4 is 23.2 Å². The van der Waals surface area contributed by atoms with Crippen LogP contribution in [0.1, 0.15) is 10.4 Å². The molecule has 3 aromatic rings. The molecule has 0 radical (unpaired) electrons. The number of halogens is 1. The first-order valence-electron chi connectivity index (χ1n) is 7.97. The van der Waals surface area contributed by atoms with Gasteiger partial charge in [0.15, 0.2) is 5.75 Å². The van der Waals surface area contributed by atoms with Gasteiger partial charge in [0.25, 0.3) is 5.91 Å². The number of hydrogen-bond donors (Lipinski definition) is 2. The molecule has 7 nitrogen and oxygen atoms in total. The number of ether oxygens (including phenoxy) is 1. The van der Waals surface area contributed by atoms with E-state index in [2.05, 4.69) is 15.4 Å². The second-order valence-electron chi connectivity index (χ2n) is 5.47. The lowest BCUT2D eigenvalue weighted by Crippen LogP contribution is -2.14. The van der Waals surface area contributed by atoms with Gasteiger partial charge in [-0.1, -0.05) is 29.8 Å². The van der Waals surface area contributed by atoms with E-state index in [0.29, 0.717) is 35.2 Å². The number of nitrogens with zero attached hydrogens (tertiary/aromatic N) is 3. The molecule has 1 amide bonds. The van der Waals surface area contributed by atoms with E-state index < -0.39 is 0 Å². The molecule has 0 fully saturated rings. The molecule has 3 rings (SSSR count). The van der Waals surface area contributed by atoms with Gasteiger partial charge in [-0.15, -0.1) is 0 Å². The normalized spacial score (nSPS) is 10.6. The van der Waals surface area contributed by atoms with Crippen LogP contribution >= 0.6 is 11.6 Å². The van der Waals surface area contributed by atoms with Crippen molar-refractivity contribution in [1.82, 2.24) is 14.8 Å². The Kier molecular flexibility index (Phi) is 5.50. The van der Waals surface area contributed by atoms with Gasteiger partial charge in [-0.3, -0.25) is 14.5 Å². The number of carbonyl (C=O) groups excluding carboxylic acids is 1. The number of pyridine rings is 1. The molecule has 26 heavy (non-hydrogen) atoms. The highest BCUT2D eigenvalue weighted by Crippen LogP contribution is 2.35. The molecule has 2 heterocycles. The van der Waals surface area contributed by atoms with Crippen LogP contribution in [0.15, 0.2) is 48.9 Å². The average molecular weight is 372 g/mol. The topological polar surface area (TPSA) is 95.1 Å². The summed E-state index contributed by atoms with van der Waals surface area (Å²) in [5, 5.41) is 7.46. The standard InChI is InChI=1S/C18H18ClN5O2/c1-24-17(16(11-22-24)26-9-7-20)12-4-2-3-5-15(12)23-18(25)13-10-21-8-6-14(13)19/h2-6,8,10-11H,7,9,20H2,1H3,(H,23,25). The number of benzene rings is 1. The number of rotatable bonds is 6. The predicted molar refractivity (Wildman–Crippen MR) is 100 cm³/mol. The van der Waals surface area contributed by atoms with Crippen LogP contribution in [0.3, 0.4) is 0 Å². The van der Waals surface area contributed by atoms with Gasteiger partial charge in [0.2, 0.25) is 0 Å². The van der Waals surface area contributed by atoms with E-state index in [1.807, 2.05) is 18.2 Å². The molecule has 0 aliphatic rings. The average Bonchev–Trinajstić information content (AvgIpc) is 3.01. The first-order chi connectivity index (χ1) is 12.6. The molecule has 0 saturated carbocycles. The summed E-state index contributed by atoms with van der Waals surface area (Å²) in [6.07, 6.45) is 4.59. The molecule has 0 bridgehead atoms. The van der Waals surface area contributed by atoms with Gasteiger partial charge in [0, 0.05) is 31.5 Å². The lowest BCUT2D eigenvalue weighted by Gasteiger charge is -2.13. The lowest BCUT2D eigenvalue weighted by atomic mass is 10.1. The maximum absolute atomic E-state index is 12.6. The molecule has 0 atom stereocenters. The van der Waals surface area contributed by atoms with E-state index in [-0.39, 0.29) is 5.91 Å². The predicted octanol–water partition coefficient (Wildman–Crippen LogP) is 2.73. The summed E-state index contributed by atoms with van der Waals surface area (Å²) < 4.78 is 7.36. The summed E-state index contributed by atoms with van der Waals surface area (Å²) in [5.74, 6) is 0.251. The highest BCUT2D eigenvalue weighted by Gasteiger charge is 2.18. The van der Waals surface area contributed by atoms with Gasteiger partial charge in [-0.05, 0) is 12.1 Å². The zero-order valence-corrected chi connectivity index (χ0v) is 14.9. The lowest BCUT2D eigenvalue weighted by molar-refractivity contribution is 0.102. The maximum atomic E-state index is 12.6. The minimum absolute atomic E-state index is 0.300. The van der Waals surface area contributed by atoms with Crippen molar-refractivity contribution in [1.29, 1.82) is 0 Å². The third-order valence-corrected chi connectivity index (χ3v) is 4.05. The van der Waals surface area contributed by atoms with E-state index in [9.17, 15) is 4.79 Å². The third kappa shape index (κ3) is 3.68. The first kappa shape index (κ1) is 17.9. The van der Waals surface area contributed by atoms with Crippen LogP contribution in [-0.4, -0.2) is 33.8 Å². The van der Waals surface area contributed by atoms with E-state index in [4.69, 9.17) is 22.1 Å². The van der Waals surface area contributed by atoms with Crippen LogP contribution in [0, 0.1) is 0 Å². The van der Waals surface area contributed by atoms with Crippen molar-refractivity contribution in [3.05, 3.63) is 59.5 Å². The number of hydrogen-bond acceptors (Lipinski definition) is 5. The van der Waals surface area contributed by atoms with Crippen LogP contribution < -0.4 is 15.8 Å². The molecule has 1 aromatic carbocycles. The quantitative estimate of drug-likeness (QED) is 0.694. The fourth-order valence-electron chi connectivity index (χ4n) is 2.53. The Labute approximate surface area is 155 Å². The van der Waals surface area contributed by atoms with E-state index >= 15 is 0 Å². The monoisotopic (exact) mass is 371 g/mol. The Bertz CT molecular complexity index is 925. The Morgan fingerprint density at radius 3 is 2.88 bits per heavy atom. The second kappa shape index (κ2) is 7.99. The molecule has 0 spiro atoms. The number of amides is 1. The molecule has 134 valence electrons. The maximum Gasteiger partial charge on any atom is 0.258 e. The smallest absolute Gasteiger partial charge is 0.258 e. The molecular formula is C18H18ClN5O2. The van der Waals surface area contributed by atoms with Crippen LogP contribution in [-0.2, 0) is 7.05 Å². The Morgan fingerprint density at radius 2 is 2.12 bits per heavy atom. The molecule has 3 N–H and O–H groups in total. The Hall–Kier alpha value is -2.90. The van der Waals surface area contributed by atoms with Gasteiger partial charge < -0.3 is 15.8 Å². The van der Waals surface area contributed by atoms with Crippen LogP contribution in [0.4, 0.5) is 5.69 Å². The van der Waals surface area contributed by atoms with Gasteiger partial charge in [-0.25, -0.2) is 0 Å². The van der Waals surface area contributed by atoms with Gasteiger partial charge >= 0.3 is 0 Å². The van der Waals surface area contributed by atoms with E-state index in [1.54, 1.807) is 30.1 Å². The number of carbonyl (C=O) groups is 1. The minimum Gasteiger partial charge on any atom is -0.488 e. The van der Waals surface area contributed by atoms with Crippen molar-refractivity contribution < 1.29 is 9.53 Å². The number of nitrogens with one attached hydrogen (secondary N) is 1. The highest BCUT2D eigenvalue weighted by molar-refractivity contribution is 6.34. The van der Waals surface area contributed by atoms with Gasteiger partial charge in [-0.2, -0.15) is 5.10 Å². The summed E-state index contributed by atoms with van der Waals surface area (Å²) in [5.41, 5.74) is 7.94. The summed E-state index contributed by atoms with van der Waals surface area (Å²) >= 11 is 6.09. The van der Waals surface area contributed by atoms with E-state index in [0.717, 1.165) is 11.3 Å². The molecule has 0 unspecified atom stereocenters. The number of nitrogens with two attached hydrogens (primary N) is 1. The van der Waals surface area contributed by atoms with Crippen molar-refractivity contribution in [2.75, 3.05) is 18.5 Å². The molecule has 0 aliphatic heterocycles. The highest BCUT2D eigenvalue weighted by atomic mass is 35.5. The van der Waals surface area contributed by atoms with Gasteiger partial charge in [0.1, 0.15) is 12.3 Å². The number of para-hydroxylation sites is 1. The van der Waals surface area contributed by atoms with E-state index in [1.165, 1.54) is 12.4 Å². The molecule has 8 heteroatoms. The zero-order valence-electron chi connectivity index (χ0n) is 14.1. The largest absolute Gasteiger partial charge is 0.488 e. The SMILES string of the molecule is Cn1ncc(OCCN)c1-c1ccccc1NC(=O)c1cnccc1Cl. The minimum atomic E-state index is -0.345. The first-order valence-corrected chi connectivity index (χ1v) is 8.34. The zero-order chi connectivity index (χ0) is 18.5. The van der Waals surface area contributed by atoms with Crippen LogP contribution in [0.2, 0.25) is 5.02 Å². The van der Waals surface area contributed by atoms with Crippen molar-refractivity contribution in [2.45, 2.75) is 0 Å². The molecular weight excluding hydrogens is 354 g/mol. The summed E-state index contributed by atoms with van der Waals surface area (Å²) in [6, 6.07) is 8.97. The number of anilines is 1. The fraction of sp³-hybridized carbons (Fsp3) is 0.167. The van der Waals surface area contributed by atoms with Crippen molar-refractivity contribution in [3.63, 3.8) is 0 Å². The summed E-state index contributed by atoms with van der Waals surface area (Å²) in [6.45, 7) is 0.769. The third-order valence-electron chi connectivity index (χ3n) is 3.72. The summed E-state index contributed by atoms with van der Waals surface area (Å²) in [4.78, 5) is 16.5. The second-order valence-corrected chi connectivity index (χ2v) is 5.88. The van der Waals surface area contributed by atoms with Crippen molar-refractivity contribution in [3.8, 4) is 17.0 Å². The van der Waals surface area contributed by atoms with Gasteiger partial charge in [0.05, 0.1) is 22.5 Å². The van der Waals surface area contributed by atoms with Crippen molar-refractivity contribution in [2.24, 2.45) is 12.8 Å². The van der Waals surface area contributed by atoms with Crippen LogP contribution in [0.25, 0.3) is 11.3 Å². The molecule has 0 aliphatic carbocycles. The summed E-state index contributed by atoms with van der Waals surface area (Å²) in [7, 11) is 1.81. The fourth-order valence-corrected chi connectivity index (χ4v) is 2.72.